The molecule has 6 N–H and O–H groups in total. The molecule has 0 bridgehead atoms. The fourth-order valence-electron chi connectivity index (χ4n) is 1.17. The molecular weight excluding hydrogens is 290 g/mol. The van der Waals surface area contributed by atoms with Gasteiger partial charge in [0, 0.05) is 6.54 Å². The molecule has 0 aliphatic carbocycles. The molecule has 10 nitrogen and oxygen atoms in total. The number of nitrogens with zero attached hydrogens (tertiary/aromatic N) is 2. The molecule has 0 saturated heterocycles. The number of hydroxylamine groups is 2. The van der Waals surface area contributed by atoms with E-state index in [9.17, 15) is 9.13 Å². The molecular formula is C6H18N2O8P2. The van der Waals surface area contributed by atoms with Crippen LogP contribution in [-0.4, -0.2) is 51.7 Å². The molecule has 0 saturated carbocycles. The highest BCUT2D eigenvalue weighted by atomic mass is 31.3. The summed E-state index contributed by atoms with van der Waals surface area (Å²) in [7, 11) is -10.3. The quantitative estimate of drug-likeness (QED) is 0.281. The highest BCUT2D eigenvalue weighted by molar-refractivity contribution is 7.65. The Hall–Kier alpha value is 0.140. The Morgan fingerprint density at radius 1 is 1.06 bits per heavy atom. The number of rotatable bonds is 7. The Labute approximate surface area is 104 Å². The SMILES string of the molecule is CCC(C)(CCN(P(=O)(O)O)P(=O)(O)O)N(O)O. The lowest BCUT2D eigenvalue weighted by molar-refractivity contribution is -0.361. The zero-order chi connectivity index (χ0) is 14.8. The van der Waals surface area contributed by atoms with E-state index in [4.69, 9.17) is 30.0 Å². The molecule has 0 aliphatic heterocycles. The lowest BCUT2D eigenvalue weighted by atomic mass is 9.96. The van der Waals surface area contributed by atoms with Gasteiger partial charge in [0.2, 0.25) is 0 Å². The van der Waals surface area contributed by atoms with Gasteiger partial charge in [-0.1, -0.05) is 12.2 Å². The van der Waals surface area contributed by atoms with Gasteiger partial charge in [0.1, 0.15) is 0 Å². The maximum absolute atomic E-state index is 10.9. The smallest absolute Gasteiger partial charge is 0.312 e. The van der Waals surface area contributed by atoms with Crippen molar-refractivity contribution in [1.29, 1.82) is 0 Å². The first-order valence-electron chi connectivity index (χ1n) is 4.92. The topological polar surface area (TPSA) is 162 Å². The van der Waals surface area contributed by atoms with Crippen LogP contribution in [0.1, 0.15) is 26.7 Å². The fraction of sp³-hybridized carbons (Fsp3) is 1.00. The summed E-state index contributed by atoms with van der Waals surface area (Å²) in [6.07, 6.45) is -0.0805. The molecule has 0 amide bonds. The predicted molar refractivity (Wildman–Crippen MR) is 59.5 cm³/mol. The van der Waals surface area contributed by atoms with Crippen molar-refractivity contribution < 1.29 is 39.1 Å². The molecule has 0 aromatic carbocycles. The van der Waals surface area contributed by atoms with Gasteiger partial charge in [0.25, 0.3) is 0 Å². The van der Waals surface area contributed by atoms with Crippen molar-refractivity contribution in [3.63, 3.8) is 0 Å². The summed E-state index contributed by atoms with van der Waals surface area (Å²) in [6, 6.07) is 0. The van der Waals surface area contributed by atoms with Crippen molar-refractivity contribution in [2.45, 2.75) is 32.2 Å². The molecule has 0 spiro atoms. The van der Waals surface area contributed by atoms with E-state index in [-0.39, 0.29) is 22.5 Å². The van der Waals surface area contributed by atoms with Crippen LogP contribution in [0.5, 0.6) is 0 Å². The van der Waals surface area contributed by atoms with E-state index in [1.807, 2.05) is 0 Å². The van der Waals surface area contributed by atoms with Gasteiger partial charge in [-0.25, -0.2) is 9.13 Å². The standard InChI is InChI=1S/C6H18N2O8P2/c1-3-6(2,8(9)10)4-5-7(17(11,12)13)18(14,15)16/h9-10H,3-5H2,1-2H3,(H2,11,12,13)(H2,14,15,16). The van der Waals surface area contributed by atoms with Crippen LogP contribution in [0.3, 0.4) is 0 Å². The molecule has 0 heterocycles. The lowest BCUT2D eigenvalue weighted by Gasteiger charge is -2.33. The fourth-order valence-corrected chi connectivity index (χ4v) is 3.11. The Morgan fingerprint density at radius 2 is 1.44 bits per heavy atom. The third kappa shape index (κ3) is 5.02. The van der Waals surface area contributed by atoms with Gasteiger partial charge in [-0.3, -0.25) is 10.4 Å². The summed E-state index contributed by atoms with van der Waals surface area (Å²) in [5.74, 6) is 0. The van der Waals surface area contributed by atoms with Gasteiger partial charge in [-0.2, -0.15) is 0 Å². The van der Waals surface area contributed by atoms with Crippen molar-refractivity contribution in [1.82, 2.24) is 9.67 Å². The average Bonchev–Trinajstić information content (AvgIpc) is 2.12. The maximum atomic E-state index is 10.9. The summed E-state index contributed by atoms with van der Waals surface area (Å²) in [5.41, 5.74) is -1.28. The highest BCUT2D eigenvalue weighted by Crippen LogP contribution is 2.58. The van der Waals surface area contributed by atoms with Gasteiger partial charge >= 0.3 is 15.5 Å². The third-order valence-electron chi connectivity index (χ3n) is 2.70. The van der Waals surface area contributed by atoms with Crippen molar-refractivity contribution in [3.8, 4) is 0 Å². The first-order valence-corrected chi connectivity index (χ1v) is 8.05. The van der Waals surface area contributed by atoms with E-state index in [0.717, 1.165) is 0 Å². The Bertz CT molecular complexity index is 343. The summed E-state index contributed by atoms with van der Waals surface area (Å²) < 4.78 is 21.6. The van der Waals surface area contributed by atoms with Crippen LogP contribution in [0.15, 0.2) is 0 Å². The van der Waals surface area contributed by atoms with E-state index in [0.29, 0.717) is 0 Å². The number of hydrogen-bond donors (Lipinski definition) is 6. The first kappa shape index (κ1) is 18.1. The van der Waals surface area contributed by atoms with Crippen LogP contribution in [0.2, 0.25) is 0 Å². The molecule has 0 aliphatic rings. The minimum atomic E-state index is -5.14. The molecule has 1 unspecified atom stereocenters. The molecule has 0 rings (SSSR count). The van der Waals surface area contributed by atoms with Crippen LogP contribution in [0.4, 0.5) is 0 Å². The van der Waals surface area contributed by atoms with Crippen LogP contribution in [-0.2, 0) is 9.13 Å². The van der Waals surface area contributed by atoms with Gasteiger partial charge in [0.05, 0.1) is 5.54 Å². The summed E-state index contributed by atoms with van der Waals surface area (Å²) in [6.45, 7) is 2.25. The molecule has 18 heavy (non-hydrogen) atoms. The molecule has 110 valence electrons. The van der Waals surface area contributed by atoms with Gasteiger partial charge in [-0.05, 0) is 19.8 Å². The highest BCUT2D eigenvalue weighted by Gasteiger charge is 2.41. The van der Waals surface area contributed by atoms with E-state index < -0.39 is 27.6 Å². The van der Waals surface area contributed by atoms with Crippen molar-refractivity contribution >= 4 is 15.5 Å². The number of hydrogen-bond acceptors (Lipinski definition) is 5. The minimum Gasteiger partial charge on any atom is -0.312 e. The first-order chi connectivity index (χ1) is 7.84. The molecule has 0 aromatic rings. The molecule has 0 fully saturated rings. The second-order valence-corrected chi connectivity index (χ2v) is 7.35. The van der Waals surface area contributed by atoms with Crippen molar-refractivity contribution in [3.05, 3.63) is 0 Å². The third-order valence-corrected chi connectivity index (χ3v) is 5.70. The molecule has 0 aromatic heterocycles. The zero-order valence-electron chi connectivity index (χ0n) is 9.91. The molecule has 1 atom stereocenters. The predicted octanol–water partition coefficient (Wildman–Crippen LogP) is 0.113. The van der Waals surface area contributed by atoms with Gasteiger partial charge < -0.3 is 19.6 Å². The van der Waals surface area contributed by atoms with E-state index in [2.05, 4.69) is 0 Å². The van der Waals surface area contributed by atoms with Crippen LogP contribution < -0.4 is 0 Å². The Morgan fingerprint density at radius 3 is 1.67 bits per heavy atom. The van der Waals surface area contributed by atoms with E-state index >= 15 is 0 Å². The maximum Gasteiger partial charge on any atom is 0.412 e. The van der Waals surface area contributed by atoms with Crippen molar-refractivity contribution in [2.24, 2.45) is 0 Å². The Kier molecular flexibility index (Phi) is 6.11. The van der Waals surface area contributed by atoms with Crippen LogP contribution in [0.25, 0.3) is 0 Å². The largest absolute Gasteiger partial charge is 0.412 e. The van der Waals surface area contributed by atoms with Crippen molar-refractivity contribution in [2.75, 3.05) is 6.54 Å². The normalized spacial score (nSPS) is 17.2. The minimum absolute atomic E-state index is 0.134. The summed E-state index contributed by atoms with van der Waals surface area (Å²) >= 11 is 0. The monoisotopic (exact) mass is 308 g/mol. The van der Waals surface area contributed by atoms with E-state index in [1.54, 1.807) is 6.92 Å². The van der Waals surface area contributed by atoms with Gasteiger partial charge in [-0.15, -0.1) is 4.44 Å². The lowest BCUT2D eigenvalue weighted by Crippen LogP contribution is -2.43. The Balaban J connectivity index is 4.96. The summed E-state index contributed by atoms with van der Waals surface area (Å²) in [4.78, 5) is 35.3. The zero-order valence-corrected chi connectivity index (χ0v) is 11.7. The average molecular weight is 308 g/mol. The second-order valence-electron chi connectivity index (χ2n) is 4.01. The molecule has 12 heteroatoms. The van der Waals surface area contributed by atoms with Crippen LogP contribution >= 0.6 is 15.5 Å². The summed E-state index contributed by atoms with van der Waals surface area (Å²) in [5, 5.41) is 17.8. The van der Waals surface area contributed by atoms with Crippen LogP contribution in [0, 0.1) is 0 Å². The van der Waals surface area contributed by atoms with Gasteiger partial charge in [0.15, 0.2) is 0 Å². The second kappa shape index (κ2) is 6.06. The molecule has 0 radical (unpaired) electrons. The van der Waals surface area contributed by atoms with E-state index in [1.165, 1.54) is 6.92 Å².